The molecule has 0 bridgehead atoms. The molecule has 2 amide bonds. The summed E-state index contributed by atoms with van der Waals surface area (Å²) in [6.07, 6.45) is -4.47. The summed E-state index contributed by atoms with van der Waals surface area (Å²) in [5.41, 5.74) is -0.377. The molecule has 1 N–H and O–H groups in total. The molecule has 0 aliphatic carbocycles. The first-order valence-electron chi connectivity index (χ1n) is 7.89. The van der Waals surface area contributed by atoms with Gasteiger partial charge >= 0.3 is 6.18 Å². The maximum atomic E-state index is 12.8. The van der Waals surface area contributed by atoms with E-state index in [1.807, 2.05) is 0 Å². The van der Waals surface area contributed by atoms with Crippen molar-refractivity contribution in [2.45, 2.75) is 12.1 Å². The van der Waals surface area contributed by atoms with Crippen molar-refractivity contribution in [2.24, 2.45) is 5.92 Å². The van der Waals surface area contributed by atoms with Gasteiger partial charge < -0.3 is 10.2 Å². The summed E-state index contributed by atoms with van der Waals surface area (Å²) in [7, 11) is 1.50. The Morgan fingerprint density at radius 2 is 1.81 bits per heavy atom. The Morgan fingerprint density at radius 3 is 2.37 bits per heavy atom. The van der Waals surface area contributed by atoms with Gasteiger partial charge in [0.25, 0.3) is 0 Å². The molecule has 1 saturated heterocycles. The average Bonchev–Trinajstić information content (AvgIpc) is 2.91. The highest BCUT2D eigenvalue weighted by atomic mass is 19.4. The molecule has 0 radical (unpaired) electrons. The summed E-state index contributed by atoms with van der Waals surface area (Å²) in [6.45, 7) is 0.178. The minimum atomic E-state index is -4.47. The minimum absolute atomic E-state index is 0.0325. The fourth-order valence-corrected chi connectivity index (χ4v) is 3.00. The van der Waals surface area contributed by atoms with Crippen molar-refractivity contribution in [3.05, 3.63) is 53.5 Å². The van der Waals surface area contributed by atoms with Crippen LogP contribution in [0, 0.1) is 11.9 Å². The topological polar surface area (TPSA) is 75.2 Å². The predicted molar refractivity (Wildman–Crippen MR) is 85.9 cm³/mol. The Bertz CT molecular complexity index is 853. The van der Waals surface area contributed by atoms with Crippen LogP contribution in [0.4, 0.5) is 23.4 Å². The van der Waals surface area contributed by atoms with Crippen LogP contribution >= 0.6 is 0 Å². The van der Waals surface area contributed by atoms with E-state index in [1.54, 1.807) is 0 Å². The van der Waals surface area contributed by atoms with Gasteiger partial charge in [0, 0.05) is 19.5 Å². The molecule has 1 aliphatic heterocycles. The minimum Gasteiger partial charge on any atom is -0.344 e. The van der Waals surface area contributed by atoms with E-state index in [0.717, 1.165) is 18.2 Å². The SMILES string of the molecule is CN1C[C@@H](c2ccc(C(F)(F)F)cc2)[C@H](C(=O)Nc2ccc(F)nn2)C1=O. The Labute approximate surface area is 151 Å². The summed E-state index contributed by atoms with van der Waals surface area (Å²) in [4.78, 5) is 26.3. The number of likely N-dealkylation sites (N-methyl/N-ethyl adjacent to an activating group) is 1. The lowest BCUT2D eigenvalue weighted by molar-refractivity contribution is -0.138. The molecule has 1 aromatic heterocycles. The number of amides is 2. The number of carbonyl (C=O) groups is 2. The second kappa shape index (κ2) is 6.93. The third-order valence-corrected chi connectivity index (χ3v) is 4.35. The van der Waals surface area contributed by atoms with Crippen molar-refractivity contribution in [1.29, 1.82) is 0 Å². The van der Waals surface area contributed by atoms with Gasteiger partial charge in [0.05, 0.1) is 5.56 Å². The van der Waals surface area contributed by atoms with Crippen molar-refractivity contribution in [2.75, 3.05) is 18.9 Å². The summed E-state index contributed by atoms with van der Waals surface area (Å²) >= 11 is 0. The third-order valence-electron chi connectivity index (χ3n) is 4.35. The molecule has 10 heteroatoms. The molecule has 0 spiro atoms. The Morgan fingerprint density at radius 1 is 1.15 bits per heavy atom. The van der Waals surface area contributed by atoms with Crippen LogP contribution in [0.1, 0.15) is 17.0 Å². The number of nitrogens with one attached hydrogen (secondary N) is 1. The van der Waals surface area contributed by atoms with Gasteiger partial charge in [-0.25, -0.2) is 0 Å². The average molecular weight is 382 g/mol. The lowest BCUT2D eigenvalue weighted by Crippen LogP contribution is -2.33. The molecule has 2 aromatic rings. The standard InChI is InChI=1S/C17H14F4N4O2/c1-25-8-11(9-2-4-10(5-3-9)17(19,20)21)14(16(25)27)15(26)22-13-7-6-12(18)23-24-13/h2-7,11,14H,8H2,1H3,(H,22,24,26)/t11-,14+/m0/s1. The van der Waals surface area contributed by atoms with E-state index in [2.05, 4.69) is 15.5 Å². The zero-order valence-electron chi connectivity index (χ0n) is 14.0. The fourth-order valence-electron chi connectivity index (χ4n) is 3.00. The van der Waals surface area contributed by atoms with Gasteiger partial charge in [-0.15, -0.1) is 10.2 Å². The summed E-state index contributed by atoms with van der Waals surface area (Å²) < 4.78 is 51.0. The number of hydrogen-bond acceptors (Lipinski definition) is 4. The number of benzene rings is 1. The number of rotatable bonds is 3. The molecule has 0 saturated carbocycles. The van der Waals surface area contributed by atoms with E-state index < -0.39 is 41.3 Å². The number of hydrogen-bond donors (Lipinski definition) is 1. The van der Waals surface area contributed by atoms with Crippen LogP contribution in [0.25, 0.3) is 0 Å². The summed E-state index contributed by atoms with van der Waals surface area (Å²) in [5.74, 6) is -3.78. The zero-order valence-corrected chi connectivity index (χ0v) is 14.0. The molecule has 1 aliphatic rings. The first-order valence-corrected chi connectivity index (χ1v) is 7.89. The van der Waals surface area contributed by atoms with E-state index in [-0.39, 0.29) is 12.4 Å². The van der Waals surface area contributed by atoms with Crippen LogP contribution in [0.15, 0.2) is 36.4 Å². The van der Waals surface area contributed by atoms with Crippen LogP contribution in [-0.2, 0) is 15.8 Å². The van der Waals surface area contributed by atoms with Crippen molar-refractivity contribution < 1.29 is 27.2 Å². The van der Waals surface area contributed by atoms with E-state index in [1.165, 1.54) is 30.1 Å². The third kappa shape index (κ3) is 3.88. The Hall–Kier alpha value is -3.04. The molecule has 0 unspecified atom stereocenters. The molecule has 142 valence electrons. The summed E-state index contributed by atoms with van der Waals surface area (Å²) in [6, 6.07) is 6.54. The van der Waals surface area contributed by atoms with E-state index >= 15 is 0 Å². The quantitative estimate of drug-likeness (QED) is 0.654. The van der Waals surface area contributed by atoms with Crippen molar-refractivity contribution in [3.8, 4) is 0 Å². The molecular formula is C17H14F4N4O2. The van der Waals surface area contributed by atoms with Crippen LogP contribution in [0.5, 0.6) is 0 Å². The fraction of sp³-hybridized carbons (Fsp3) is 0.294. The molecular weight excluding hydrogens is 368 g/mol. The van der Waals surface area contributed by atoms with E-state index in [9.17, 15) is 27.2 Å². The van der Waals surface area contributed by atoms with Crippen molar-refractivity contribution >= 4 is 17.6 Å². The highest BCUT2D eigenvalue weighted by Crippen LogP contribution is 2.36. The second-order valence-electron chi connectivity index (χ2n) is 6.15. The van der Waals surface area contributed by atoms with E-state index in [0.29, 0.717) is 5.56 Å². The van der Waals surface area contributed by atoms with Gasteiger partial charge in [-0.1, -0.05) is 12.1 Å². The number of alkyl halides is 3. The number of anilines is 1. The van der Waals surface area contributed by atoms with Gasteiger partial charge in [0.15, 0.2) is 5.82 Å². The monoisotopic (exact) mass is 382 g/mol. The van der Waals surface area contributed by atoms with Crippen LogP contribution in [0.2, 0.25) is 0 Å². The first-order chi connectivity index (χ1) is 12.7. The number of carbonyl (C=O) groups excluding carboxylic acids is 2. The van der Waals surface area contributed by atoms with Crippen LogP contribution in [-0.4, -0.2) is 40.5 Å². The maximum absolute atomic E-state index is 12.8. The van der Waals surface area contributed by atoms with Crippen molar-refractivity contribution in [3.63, 3.8) is 0 Å². The molecule has 27 heavy (non-hydrogen) atoms. The Balaban J connectivity index is 1.84. The number of aromatic nitrogens is 2. The molecule has 2 heterocycles. The highest BCUT2D eigenvalue weighted by Gasteiger charge is 2.44. The maximum Gasteiger partial charge on any atom is 0.416 e. The smallest absolute Gasteiger partial charge is 0.344 e. The second-order valence-corrected chi connectivity index (χ2v) is 6.15. The van der Waals surface area contributed by atoms with Gasteiger partial charge in [-0.3, -0.25) is 9.59 Å². The first kappa shape index (κ1) is 18.7. The molecule has 1 aromatic carbocycles. The van der Waals surface area contributed by atoms with Crippen LogP contribution in [0.3, 0.4) is 0 Å². The zero-order chi connectivity index (χ0) is 19.8. The van der Waals surface area contributed by atoms with Gasteiger partial charge in [-0.05, 0) is 29.8 Å². The van der Waals surface area contributed by atoms with E-state index in [4.69, 9.17) is 0 Å². The number of halogens is 4. The molecule has 2 atom stereocenters. The van der Waals surface area contributed by atoms with Crippen molar-refractivity contribution in [1.82, 2.24) is 15.1 Å². The highest BCUT2D eigenvalue weighted by molar-refractivity contribution is 6.08. The molecule has 6 nitrogen and oxygen atoms in total. The number of nitrogens with zero attached hydrogens (tertiary/aromatic N) is 3. The molecule has 3 rings (SSSR count). The summed E-state index contributed by atoms with van der Waals surface area (Å²) in [5, 5.41) is 9.02. The van der Waals surface area contributed by atoms with Crippen LogP contribution < -0.4 is 5.32 Å². The van der Waals surface area contributed by atoms with Gasteiger partial charge in [-0.2, -0.15) is 17.6 Å². The van der Waals surface area contributed by atoms with Gasteiger partial charge in [0.2, 0.25) is 17.8 Å². The number of likely N-dealkylation sites (tertiary alicyclic amines) is 1. The largest absolute Gasteiger partial charge is 0.416 e. The van der Waals surface area contributed by atoms with Gasteiger partial charge in [0.1, 0.15) is 5.92 Å². The molecule has 1 fully saturated rings. The Kier molecular flexibility index (Phi) is 4.81. The normalized spacial score (nSPS) is 20.0. The predicted octanol–water partition coefficient (Wildman–Crippen LogP) is 2.44. The lowest BCUT2D eigenvalue weighted by Gasteiger charge is -2.17. The lowest BCUT2D eigenvalue weighted by atomic mass is 9.87.